The molecule has 2 atom stereocenters. The zero-order valence-corrected chi connectivity index (χ0v) is 18.0. The molecule has 2 aliphatic rings. The van der Waals surface area contributed by atoms with E-state index >= 15 is 0 Å². The van der Waals surface area contributed by atoms with Gasteiger partial charge in [0.05, 0.1) is 16.4 Å². The van der Waals surface area contributed by atoms with E-state index in [1.807, 2.05) is 0 Å². The topological polar surface area (TPSA) is 90.8 Å². The second kappa shape index (κ2) is 8.04. The highest BCUT2D eigenvalue weighted by Crippen LogP contribution is 2.36. The average molecular weight is 469 g/mol. The molecule has 1 unspecified atom stereocenters. The summed E-state index contributed by atoms with van der Waals surface area (Å²) in [5, 5.41) is 9.40. The predicted molar refractivity (Wildman–Crippen MR) is 110 cm³/mol. The van der Waals surface area contributed by atoms with Gasteiger partial charge >= 0.3 is 12.1 Å². The van der Waals surface area contributed by atoms with Gasteiger partial charge < -0.3 is 10.0 Å². The molecule has 11 heteroatoms. The molecule has 0 bridgehead atoms. The van der Waals surface area contributed by atoms with Gasteiger partial charge in [0.25, 0.3) is 0 Å². The lowest BCUT2D eigenvalue weighted by Gasteiger charge is -2.40. The van der Waals surface area contributed by atoms with Crippen LogP contribution in [0.4, 0.5) is 19.0 Å². The number of pyridine rings is 1. The molecule has 0 spiro atoms. The number of fused-ring (bicyclic) bond motifs is 1. The number of rotatable bonds is 4. The van der Waals surface area contributed by atoms with E-state index in [9.17, 15) is 31.5 Å². The lowest BCUT2D eigenvalue weighted by molar-refractivity contribution is -0.139. The van der Waals surface area contributed by atoms with Gasteiger partial charge in [-0.1, -0.05) is 6.07 Å². The molecular formula is C21H22F3N3O4S. The van der Waals surface area contributed by atoms with Crippen molar-refractivity contribution in [3.05, 3.63) is 53.2 Å². The summed E-state index contributed by atoms with van der Waals surface area (Å²) in [6.45, 7) is 2.31. The zero-order valence-electron chi connectivity index (χ0n) is 17.2. The van der Waals surface area contributed by atoms with Gasteiger partial charge in [-0.2, -0.15) is 17.5 Å². The first-order valence-electron chi connectivity index (χ1n) is 10.1. The van der Waals surface area contributed by atoms with Gasteiger partial charge in [0, 0.05) is 31.9 Å². The van der Waals surface area contributed by atoms with Crippen LogP contribution in [0.25, 0.3) is 0 Å². The highest BCUT2D eigenvalue weighted by Gasteiger charge is 2.36. The van der Waals surface area contributed by atoms with Gasteiger partial charge in [-0.05, 0) is 55.2 Å². The fourth-order valence-electron chi connectivity index (χ4n) is 4.35. The number of anilines is 1. The molecule has 2 aromatic rings. The Kier molecular flexibility index (Phi) is 5.66. The summed E-state index contributed by atoms with van der Waals surface area (Å²) in [6, 6.07) is 6.58. The molecule has 172 valence electrons. The Hall–Kier alpha value is -2.66. The molecule has 1 aromatic heterocycles. The van der Waals surface area contributed by atoms with Crippen LogP contribution in [0, 0.1) is 0 Å². The first-order chi connectivity index (χ1) is 15.0. The maximum Gasteiger partial charge on any atom is 0.417 e. The van der Waals surface area contributed by atoms with Gasteiger partial charge in [0.2, 0.25) is 10.0 Å². The lowest BCUT2D eigenvalue weighted by atomic mass is 10.0. The normalized spacial score (nSPS) is 22.1. The van der Waals surface area contributed by atoms with Crippen molar-refractivity contribution < 1.29 is 31.5 Å². The molecule has 2 heterocycles. The van der Waals surface area contributed by atoms with E-state index < -0.39 is 33.7 Å². The molecular weight excluding hydrogens is 447 g/mol. The molecule has 32 heavy (non-hydrogen) atoms. The molecule has 1 aliphatic carbocycles. The van der Waals surface area contributed by atoms with Crippen molar-refractivity contribution in [1.29, 1.82) is 0 Å². The molecule has 0 radical (unpaired) electrons. The number of aryl methyl sites for hydroxylation is 1. The molecule has 4 rings (SSSR count). The summed E-state index contributed by atoms with van der Waals surface area (Å²) >= 11 is 0. The fourth-order valence-corrected chi connectivity index (χ4v) is 5.90. The van der Waals surface area contributed by atoms with Crippen LogP contribution < -0.4 is 4.90 Å². The van der Waals surface area contributed by atoms with Crippen molar-refractivity contribution >= 4 is 21.8 Å². The van der Waals surface area contributed by atoms with Crippen molar-refractivity contribution in [2.45, 2.75) is 42.8 Å². The van der Waals surface area contributed by atoms with Crippen molar-refractivity contribution in [3.8, 4) is 0 Å². The van der Waals surface area contributed by atoms with E-state index in [1.54, 1.807) is 17.9 Å². The molecule has 7 nitrogen and oxygen atoms in total. The van der Waals surface area contributed by atoms with Gasteiger partial charge in [0.1, 0.15) is 5.82 Å². The number of alkyl halides is 3. The van der Waals surface area contributed by atoms with Gasteiger partial charge in [-0.25, -0.2) is 13.4 Å². The second-order valence-electron chi connectivity index (χ2n) is 8.10. The number of sulfonamides is 1. The summed E-state index contributed by atoms with van der Waals surface area (Å²) < 4.78 is 66.1. The van der Waals surface area contributed by atoms with E-state index in [0.717, 1.165) is 17.8 Å². The Morgan fingerprint density at radius 2 is 1.94 bits per heavy atom. The van der Waals surface area contributed by atoms with Gasteiger partial charge in [-0.3, -0.25) is 4.79 Å². The van der Waals surface area contributed by atoms with Gasteiger partial charge in [-0.15, -0.1) is 0 Å². The molecule has 0 saturated carbocycles. The molecule has 1 saturated heterocycles. The second-order valence-corrected chi connectivity index (χ2v) is 10.0. The number of hydrogen-bond donors (Lipinski definition) is 1. The average Bonchev–Trinajstić information content (AvgIpc) is 3.17. The summed E-state index contributed by atoms with van der Waals surface area (Å²) in [7, 11) is -3.85. The third-order valence-electron chi connectivity index (χ3n) is 6.09. The Labute approximate surface area is 183 Å². The van der Waals surface area contributed by atoms with Gasteiger partial charge in [0.15, 0.2) is 0 Å². The van der Waals surface area contributed by atoms with Crippen molar-refractivity contribution in [2.75, 3.05) is 24.5 Å². The van der Waals surface area contributed by atoms with Crippen molar-refractivity contribution in [3.63, 3.8) is 0 Å². The van der Waals surface area contributed by atoms with E-state index in [2.05, 4.69) is 4.98 Å². The van der Waals surface area contributed by atoms with Crippen molar-refractivity contribution in [2.24, 2.45) is 0 Å². The maximum atomic E-state index is 13.2. The number of aliphatic carboxylic acids is 1. The third-order valence-corrected chi connectivity index (χ3v) is 7.95. The largest absolute Gasteiger partial charge is 0.481 e. The number of carboxylic acid groups (broad SMARTS) is 1. The third kappa shape index (κ3) is 4.06. The molecule has 1 aromatic carbocycles. The summed E-state index contributed by atoms with van der Waals surface area (Å²) in [6.07, 6.45) is -2.65. The first kappa shape index (κ1) is 22.5. The maximum absolute atomic E-state index is 13.2. The Morgan fingerprint density at radius 1 is 1.19 bits per heavy atom. The SMILES string of the molecule is C[C@@H]1CN(S(=O)(=O)c2ccc3c(c2)C(C(=O)O)CC3)CCN1c1ccc(C(F)(F)F)cn1. The number of aromatic nitrogens is 1. The molecule has 1 fully saturated rings. The van der Waals surface area contributed by atoms with Crippen LogP contribution >= 0.6 is 0 Å². The minimum atomic E-state index is -4.47. The van der Waals surface area contributed by atoms with Crippen LogP contribution in [0.15, 0.2) is 41.4 Å². The zero-order chi connectivity index (χ0) is 23.3. The van der Waals surface area contributed by atoms with Crippen LogP contribution in [-0.4, -0.2) is 54.5 Å². The summed E-state index contributed by atoms with van der Waals surface area (Å²) in [5.74, 6) is -1.32. The monoisotopic (exact) mass is 469 g/mol. The van der Waals surface area contributed by atoms with E-state index in [4.69, 9.17) is 0 Å². The Balaban J connectivity index is 1.52. The quantitative estimate of drug-likeness (QED) is 0.740. The van der Waals surface area contributed by atoms with E-state index in [-0.39, 0.29) is 30.6 Å². The van der Waals surface area contributed by atoms with E-state index in [1.165, 1.54) is 22.5 Å². The number of hydrogen-bond acceptors (Lipinski definition) is 5. The molecule has 1 N–H and O–H groups in total. The van der Waals surface area contributed by atoms with Crippen molar-refractivity contribution in [1.82, 2.24) is 9.29 Å². The fraction of sp³-hybridized carbons (Fsp3) is 0.429. The highest BCUT2D eigenvalue weighted by atomic mass is 32.2. The Morgan fingerprint density at radius 3 is 2.53 bits per heavy atom. The number of benzene rings is 1. The summed E-state index contributed by atoms with van der Waals surface area (Å²) in [4.78, 5) is 17.2. The Bertz CT molecular complexity index is 1140. The minimum absolute atomic E-state index is 0.0534. The van der Waals surface area contributed by atoms with Crippen LogP contribution in [0.2, 0.25) is 0 Å². The number of piperazine rings is 1. The number of carbonyl (C=O) groups is 1. The smallest absolute Gasteiger partial charge is 0.417 e. The van der Waals surface area contributed by atoms with E-state index in [0.29, 0.717) is 24.2 Å². The molecule has 0 amide bonds. The minimum Gasteiger partial charge on any atom is -0.481 e. The predicted octanol–water partition coefficient (Wildman–Crippen LogP) is 3.11. The standard InChI is InChI=1S/C21H22F3N3O4S/c1-13-12-26(8-9-27(13)19-7-4-15(11-25-19)21(22,23)24)32(30,31)16-5-2-14-3-6-17(20(28)29)18(14)10-16/h2,4-5,7,10-11,13,17H,3,6,8-9,12H2,1H3,(H,28,29)/t13-,17?/m1/s1. The van der Waals surface area contributed by atoms with Crippen LogP contribution in [0.1, 0.15) is 36.0 Å². The number of nitrogens with zero attached hydrogens (tertiary/aromatic N) is 3. The number of halogens is 3. The lowest BCUT2D eigenvalue weighted by Crippen LogP contribution is -2.53. The first-order valence-corrected chi connectivity index (χ1v) is 11.6. The van der Waals surface area contributed by atoms with Crippen LogP contribution in [0.3, 0.4) is 0 Å². The highest BCUT2D eigenvalue weighted by molar-refractivity contribution is 7.89. The number of carboxylic acids is 1. The van der Waals surface area contributed by atoms with Crippen LogP contribution in [0.5, 0.6) is 0 Å². The van der Waals surface area contributed by atoms with Crippen LogP contribution in [-0.2, 0) is 27.4 Å². The summed E-state index contributed by atoms with van der Waals surface area (Å²) in [5.41, 5.74) is 0.550. The molecule has 1 aliphatic heterocycles.